The number of aromatic amines is 1. The number of amides is 1. The van der Waals surface area contributed by atoms with Crippen molar-refractivity contribution in [3.8, 4) is 11.3 Å². The van der Waals surface area contributed by atoms with Crippen LogP contribution in [-0.4, -0.2) is 15.9 Å². The van der Waals surface area contributed by atoms with Crippen molar-refractivity contribution < 1.29 is 13.6 Å². The van der Waals surface area contributed by atoms with E-state index in [4.69, 9.17) is 28.9 Å². The Hall–Kier alpha value is -2.64. The van der Waals surface area contributed by atoms with Gasteiger partial charge >= 0.3 is 0 Å². The lowest BCUT2D eigenvalue weighted by Gasteiger charge is -2.09. The molecular weight excluding hydrogens is 373 g/mol. The summed E-state index contributed by atoms with van der Waals surface area (Å²) in [6.07, 6.45) is 1.28. The maximum Gasteiger partial charge on any atom is 0.255 e. The van der Waals surface area contributed by atoms with Crippen LogP contribution in [0.1, 0.15) is 10.4 Å². The largest absolute Gasteiger partial charge is 0.369 e. The molecule has 0 saturated carbocycles. The number of aromatic nitrogens is 2. The molecule has 0 unspecified atom stereocenters. The lowest BCUT2D eigenvalue weighted by molar-refractivity contribution is 0.102. The van der Waals surface area contributed by atoms with Crippen molar-refractivity contribution >= 4 is 40.7 Å². The highest BCUT2D eigenvalue weighted by Gasteiger charge is 2.17. The van der Waals surface area contributed by atoms with Crippen LogP contribution in [0.25, 0.3) is 11.3 Å². The fourth-order valence-electron chi connectivity index (χ4n) is 2.24. The fourth-order valence-corrected chi connectivity index (χ4v) is 2.77. The molecule has 0 saturated heterocycles. The van der Waals surface area contributed by atoms with Crippen molar-refractivity contribution in [1.82, 2.24) is 9.97 Å². The zero-order chi connectivity index (χ0) is 18.1. The van der Waals surface area contributed by atoms with Crippen LogP contribution >= 0.6 is 23.2 Å². The highest BCUT2D eigenvalue weighted by molar-refractivity contribution is 6.35. The van der Waals surface area contributed by atoms with Gasteiger partial charge in [0, 0.05) is 27.5 Å². The van der Waals surface area contributed by atoms with Crippen LogP contribution in [0.15, 0.2) is 36.5 Å². The van der Waals surface area contributed by atoms with Gasteiger partial charge in [-0.05, 0) is 30.3 Å². The van der Waals surface area contributed by atoms with Gasteiger partial charge in [0.15, 0.2) is 5.95 Å². The van der Waals surface area contributed by atoms with Gasteiger partial charge in [-0.25, -0.2) is 13.8 Å². The van der Waals surface area contributed by atoms with Crippen LogP contribution in [-0.2, 0) is 0 Å². The lowest BCUT2D eigenvalue weighted by Crippen LogP contribution is -2.12. The summed E-state index contributed by atoms with van der Waals surface area (Å²) in [4.78, 5) is 18.5. The number of nitrogens with zero attached hydrogens (tertiary/aromatic N) is 1. The number of carbonyl (C=O) groups is 1. The van der Waals surface area contributed by atoms with E-state index in [0.29, 0.717) is 0 Å². The van der Waals surface area contributed by atoms with Gasteiger partial charge in [0.1, 0.15) is 11.6 Å². The summed E-state index contributed by atoms with van der Waals surface area (Å²) < 4.78 is 28.5. The monoisotopic (exact) mass is 382 g/mol. The molecule has 128 valence electrons. The van der Waals surface area contributed by atoms with Crippen LogP contribution in [0.5, 0.6) is 0 Å². The maximum atomic E-state index is 14.3. The molecule has 1 heterocycles. The summed E-state index contributed by atoms with van der Waals surface area (Å²) in [6, 6.07) is 6.19. The summed E-state index contributed by atoms with van der Waals surface area (Å²) in [5.41, 5.74) is 5.17. The minimum absolute atomic E-state index is 0.0204. The van der Waals surface area contributed by atoms with Gasteiger partial charge in [-0.2, -0.15) is 0 Å². The standard InChI is InChI=1S/C16H10Cl2F2N4O/c17-8-1-7(2-9(18)3-8)15(25)23-10-4-11(19)14(12(20)5-10)13-6-22-16(21)24-13/h1-6H,(H,23,25)(H3,21,22,24). The van der Waals surface area contributed by atoms with Gasteiger partial charge in [0.25, 0.3) is 5.91 Å². The van der Waals surface area contributed by atoms with Gasteiger partial charge in [-0.15, -0.1) is 0 Å². The Kier molecular flexibility index (Phi) is 4.61. The zero-order valence-corrected chi connectivity index (χ0v) is 13.9. The molecule has 3 rings (SSSR count). The molecule has 3 aromatic rings. The van der Waals surface area contributed by atoms with E-state index in [-0.39, 0.29) is 38.5 Å². The Morgan fingerprint density at radius 2 is 1.68 bits per heavy atom. The molecule has 0 aliphatic rings. The van der Waals surface area contributed by atoms with E-state index in [1.54, 1.807) is 0 Å². The SMILES string of the molecule is Nc1nc(-c2c(F)cc(NC(=O)c3cc(Cl)cc(Cl)c3)cc2F)c[nH]1. The predicted molar refractivity (Wildman–Crippen MR) is 92.8 cm³/mol. The Bertz CT molecular complexity index is 931. The Morgan fingerprint density at radius 3 is 2.20 bits per heavy atom. The molecule has 9 heteroatoms. The van der Waals surface area contributed by atoms with Gasteiger partial charge in [-0.1, -0.05) is 23.2 Å². The van der Waals surface area contributed by atoms with E-state index < -0.39 is 17.5 Å². The van der Waals surface area contributed by atoms with Gasteiger partial charge in [-0.3, -0.25) is 4.79 Å². The molecule has 1 amide bonds. The van der Waals surface area contributed by atoms with Crippen molar-refractivity contribution in [1.29, 1.82) is 0 Å². The first kappa shape index (κ1) is 17.2. The number of imidazole rings is 1. The number of hydrogen-bond acceptors (Lipinski definition) is 3. The average Bonchev–Trinajstić information content (AvgIpc) is 2.91. The number of rotatable bonds is 3. The third-order valence-corrected chi connectivity index (χ3v) is 3.71. The Balaban J connectivity index is 1.90. The normalized spacial score (nSPS) is 10.7. The van der Waals surface area contributed by atoms with E-state index in [0.717, 1.165) is 12.1 Å². The van der Waals surface area contributed by atoms with Crippen molar-refractivity contribution in [3.05, 3.63) is 63.8 Å². The van der Waals surface area contributed by atoms with Crippen molar-refractivity contribution in [2.75, 3.05) is 11.1 Å². The first-order valence-corrected chi connectivity index (χ1v) is 7.67. The summed E-state index contributed by atoms with van der Waals surface area (Å²) in [7, 11) is 0. The van der Waals surface area contributed by atoms with Crippen LogP contribution < -0.4 is 11.1 Å². The maximum absolute atomic E-state index is 14.3. The van der Waals surface area contributed by atoms with Crippen molar-refractivity contribution in [3.63, 3.8) is 0 Å². The van der Waals surface area contributed by atoms with Crippen molar-refractivity contribution in [2.45, 2.75) is 0 Å². The van der Waals surface area contributed by atoms with E-state index in [9.17, 15) is 13.6 Å². The molecule has 0 radical (unpaired) electrons. The molecule has 1 aromatic heterocycles. The molecule has 2 aromatic carbocycles. The number of halogens is 4. The minimum atomic E-state index is -0.897. The molecule has 25 heavy (non-hydrogen) atoms. The topological polar surface area (TPSA) is 83.8 Å². The first-order valence-electron chi connectivity index (χ1n) is 6.91. The average molecular weight is 383 g/mol. The van der Waals surface area contributed by atoms with Gasteiger partial charge < -0.3 is 16.0 Å². The minimum Gasteiger partial charge on any atom is -0.369 e. The lowest BCUT2D eigenvalue weighted by atomic mass is 10.1. The number of carbonyl (C=O) groups excluding carboxylic acids is 1. The van der Waals surface area contributed by atoms with Crippen LogP contribution in [0.3, 0.4) is 0 Å². The third-order valence-electron chi connectivity index (χ3n) is 3.28. The number of nitrogens with two attached hydrogens (primary N) is 1. The molecule has 0 bridgehead atoms. The molecule has 0 atom stereocenters. The van der Waals surface area contributed by atoms with Gasteiger partial charge in [0.2, 0.25) is 0 Å². The highest BCUT2D eigenvalue weighted by atomic mass is 35.5. The molecule has 0 aliphatic carbocycles. The smallest absolute Gasteiger partial charge is 0.255 e. The number of nitrogens with one attached hydrogen (secondary N) is 2. The number of H-pyrrole nitrogens is 1. The molecule has 4 N–H and O–H groups in total. The van der Waals surface area contributed by atoms with E-state index in [2.05, 4.69) is 15.3 Å². The fraction of sp³-hybridized carbons (Fsp3) is 0. The van der Waals surface area contributed by atoms with Gasteiger partial charge in [0.05, 0.1) is 11.3 Å². The second kappa shape index (κ2) is 6.70. The predicted octanol–water partition coefficient (Wildman–Crippen LogP) is 4.50. The molecule has 5 nitrogen and oxygen atoms in total. The molecular formula is C16H10Cl2F2N4O. The Labute approximate surface area is 150 Å². The summed E-state index contributed by atoms with van der Waals surface area (Å²) in [5, 5.41) is 2.92. The van der Waals surface area contributed by atoms with E-state index >= 15 is 0 Å². The highest BCUT2D eigenvalue weighted by Crippen LogP contribution is 2.28. The second-order valence-corrected chi connectivity index (χ2v) is 5.97. The summed E-state index contributed by atoms with van der Waals surface area (Å²) in [6.45, 7) is 0. The summed E-state index contributed by atoms with van der Waals surface area (Å²) >= 11 is 11.7. The molecule has 0 fully saturated rings. The third kappa shape index (κ3) is 3.72. The molecule has 0 spiro atoms. The number of benzene rings is 2. The van der Waals surface area contributed by atoms with Crippen molar-refractivity contribution in [2.24, 2.45) is 0 Å². The Morgan fingerprint density at radius 1 is 1.08 bits per heavy atom. The van der Waals surface area contributed by atoms with Crippen LogP contribution in [0.2, 0.25) is 10.0 Å². The second-order valence-electron chi connectivity index (χ2n) is 5.10. The molecule has 0 aliphatic heterocycles. The summed E-state index contributed by atoms with van der Waals surface area (Å²) in [5.74, 6) is -2.37. The van der Waals surface area contributed by atoms with E-state index in [1.807, 2.05) is 0 Å². The van der Waals surface area contributed by atoms with Crippen LogP contribution in [0.4, 0.5) is 20.4 Å². The van der Waals surface area contributed by atoms with E-state index in [1.165, 1.54) is 24.4 Å². The van der Waals surface area contributed by atoms with Crippen LogP contribution in [0, 0.1) is 11.6 Å². The first-order chi connectivity index (χ1) is 11.8. The number of hydrogen-bond donors (Lipinski definition) is 3. The zero-order valence-electron chi connectivity index (χ0n) is 12.4. The number of nitrogen functional groups attached to an aromatic ring is 1. The quantitative estimate of drug-likeness (QED) is 0.623. The number of anilines is 2.